The summed E-state index contributed by atoms with van der Waals surface area (Å²) in [5, 5.41) is 0. The van der Waals surface area contributed by atoms with Gasteiger partial charge in [-0.05, 0) is 6.07 Å². The Bertz CT molecular complexity index is 1040. The molecule has 1 saturated carbocycles. The van der Waals surface area contributed by atoms with Crippen molar-refractivity contribution >= 4 is 11.9 Å². The molecule has 0 N–H and O–H groups in total. The summed E-state index contributed by atoms with van der Waals surface area (Å²) in [6.45, 7) is 0.475. The molecule has 7 nitrogen and oxygen atoms in total. The Balaban J connectivity index is 1.52. The number of hydrogen-bond acceptors (Lipinski definition) is 5. The topological polar surface area (TPSA) is 71.3 Å². The van der Waals surface area contributed by atoms with Crippen LogP contribution >= 0.6 is 0 Å². The number of nitrogens with zero attached hydrogens (tertiary/aromatic N) is 5. The lowest BCUT2D eigenvalue weighted by atomic mass is 10.2. The summed E-state index contributed by atoms with van der Waals surface area (Å²) in [5.41, 5.74) is -0.0456. The van der Waals surface area contributed by atoms with E-state index in [0.29, 0.717) is 5.95 Å². The zero-order valence-corrected chi connectivity index (χ0v) is 16.2. The Morgan fingerprint density at radius 2 is 1.97 bits per heavy atom. The molecule has 4 rings (SSSR count). The van der Waals surface area contributed by atoms with Crippen molar-refractivity contribution < 1.29 is 22.4 Å². The van der Waals surface area contributed by atoms with Crippen molar-refractivity contribution in [2.45, 2.75) is 18.6 Å². The van der Waals surface area contributed by atoms with Crippen molar-refractivity contribution in [2.75, 3.05) is 25.0 Å². The van der Waals surface area contributed by atoms with Gasteiger partial charge in [0.05, 0.1) is 11.9 Å². The second-order valence-electron chi connectivity index (χ2n) is 7.71. The van der Waals surface area contributed by atoms with E-state index in [0.717, 1.165) is 6.20 Å². The van der Waals surface area contributed by atoms with Gasteiger partial charge >= 0.3 is 6.18 Å². The van der Waals surface area contributed by atoms with E-state index in [-0.39, 0.29) is 47.8 Å². The van der Waals surface area contributed by atoms with Gasteiger partial charge in [-0.2, -0.15) is 13.2 Å². The quantitative estimate of drug-likeness (QED) is 0.699. The minimum atomic E-state index is -4.52. The van der Waals surface area contributed by atoms with E-state index in [4.69, 9.17) is 0 Å². The van der Waals surface area contributed by atoms with Crippen LogP contribution in [-0.2, 0) is 11.8 Å². The van der Waals surface area contributed by atoms with Gasteiger partial charge in [0.15, 0.2) is 5.82 Å². The highest BCUT2D eigenvalue weighted by atomic mass is 19.4. The number of amides is 1. The number of hydrogen-bond donors (Lipinski definition) is 0. The van der Waals surface area contributed by atoms with Crippen LogP contribution in [0.2, 0.25) is 0 Å². The van der Waals surface area contributed by atoms with E-state index < -0.39 is 24.3 Å². The molecule has 3 atom stereocenters. The van der Waals surface area contributed by atoms with Crippen LogP contribution in [0.5, 0.6) is 0 Å². The Labute approximate surface area is 169 Å². The van der Waals surface area contributed by atoms with Crippen LogP contribution in [0.4, 0.5) is 23.5 Å². The van der Waals surface area contributed by atoms with Crippen LogP contribution < -0.4 is 10.5 Å². The maximum atomic E-state index is 14.1. The minimum Gasteiger partial charge on any atom is -0.342 e. The van der Waals surface area contributed by atoms with Gasteiger partial charge in [-0.25, -0.2) is 9.37 Å². The summed E-state index contributed by atoms with van der Waals surface area (Å²) in [5.74, 6) is -1.19. The standard InChI is InChI=1S/C19H19F4N5O2/c1-26-15(29)5-14(10-3-4-24-7-13(10)20)25-18(26)27(2)17-11-8-28(9-12(11)17)16(30)6-19(21,22)23/h3-5,7,11-12,17H,6,8-9H2,1-2H3/t11-,12+,17?. The molecular weight excluding hydrogens is 406 g/mol. The smallest absolute Gasteiger partial charge is 0.342 e. The predicted octanol–water partition coefficient (Wildman–Crippen LogP) is 1.83. The van der Waals surface area contributed by atoms with Gasteiger partial charge in [0.1, 0.15) is 6.42 Å². The van der Waals surface area contributed by atoms with Gasteiger partial charge in [0.2, 0.25) is 11.9 Å². The van der Waals surface area contributed by atoms with Crippen LogP contribution in [0, 0.1) is 17.7 Å². The van der Waals surface area contributed by atoms with E-state index in [1.165, 1.54) is 27.8 Å². The van der Waals surface area contributed by atoms with E-state index in [9.17, 15) is 27.2 Å². The molecule has 1 saturated heterocycles. The first-order valence-corrected chi connectivity index (χ1v) is 9.32. The van der Waals surface area contributed by atoms with Crippen molar-refractivity contribution in [3.05, 3.63) is 40.7 Å². The average Bonchev–Trinajstić information content (AvgIpc) is 3.15. The SMILES string of the molecule is CN(c1nc(-c2ccncc2F)cc(=O)n1C)C1[C@H]2CN(C(=O)CC(F)(F)F)C[C@@H]12. The monoisotopic (exact) mass is 425 g/mol. The van der Waals surface area contributed by atoms with Crippen molar-refractivity contribution in [1.82, 2.24) is 19.4 Å². The van der Waals surface area contributed by atoms with Gasteiger partial charge < -0.3 is 9.80 Å². The number of rotatable bonds is 4. The molecule has 3 heterocycles. The number of carbonyl (C=O) groups excluding carboxylic acids is 1. The Morgan fingerprint density at radius 1 is 1.30 bits per heavy atom. The summed E-state index contributed by atoms with van der Waals surface area (Å²) in [4.78, 5) is 35.4. The summed E-state index contributed by atoms with van der Waals surface area (Å²) in [7, 11) is 3.28. The summed E-state index contributed by atoms with van der Waals surface area (Å²) in [6.07, 6.45) is -3.54. The number of pyridine rings is 1. The molecular formula is C19H19F4N5O2. The molecule has 2 aromatic rings. The van der Waals surface area contributed by atoms with Crippen molar-refractivity contribution in [3.8, 4) is 11.3 Å². The fraction of sp³-hybridized carbons (Fsp3) is 0.474. The summed E-state index contributed by atoms with van der Waals surface area (Å²) in [6, 6.07) is 2.60. The Hall–Kier alpha value is -2.98. The number of likely N-dealkylation sites (tertiary alicyclic amines) is 1. The van der Waals surface area contributed by atoms with Crippen LogP contribution in [0.25, 0.3) is 11.3 Å². The molecule has 11 heteroatoms. The van der Waals surface area contributed by atoms with Crippen LogP contribution in [0.15, 0.2) is 29.3 Å². The number of halogens is 4. The molecule has 0 spiro atoms. The van der Waals surface area contributed by atoms with E-state index in [1.54, 1.807) is 19.0 Å². The molecule has 0 radical (unpaired) electrons. The number of carbonyl (C=O) groups is 1. The third-order valence-corrected chi connectivity index (χ3v) is 5.78. The molecule has 0 aromatic carbocycles. The second-order valence-corrected chi connectivity index (χ2v) is 7.71. The van der Waals surface area contributed by atoms with E-state index in [2.05, 4.69) is 9.97 Å². The first-order chi connectivity index (χ1) is 14.1. The first-order valence-electron chi connectivity index (χ1n) is 9.32. The largest absolute Gasteiger partial charge is 0.397 e. The zero-order valence-electron chi connectivity index (χ0n) is 16.2. The molecule has 1 aliphatic heterocycles. The summed E-state index contributed by atoms with van der Waals surface area (Å²) >= 11 is 0. The van der Waals surface area contributed by atoms with Crippen LogP contribution in [0.1, 0.15) is 6.42 Å². The van der Waals surface area contributed by atoms with Gasteiger partial charge in [0.25, 0.3) is 5.56 Å². The molecule has 2 fully saturated rings. The molecule has 1 unspecified atom stereocenters. The zero-order chi connectivity index (χ0) is 21.8. The van der Waals surface area contributed by atoms with Crippen molar-refractivity contribution in [2.24, 2.45) is 18.9 Å². The number of aromatic nitrogens is 3. The highest BCUT2D eigenvalue weighted by Crippen LogP contribution is 2.49. The lowest BCUT2D eigenvalue weighted by Crippen LogP contribution is -2.39. The summed E-state index contributed by atoms with van der Waals surface area (Å²) < 4.78 is 52.8. The molecule has 160 valence electrons. The molecule has 2 aliphatic rings. The molecule has 1 aliphatic carbocycles. The lowest BCUT2D eigenvalue weighted by molar-refractivity contribution is -0.161. The minimum absolute atomic E-state index is 0.00500. The normalized spacial score (nSPS) is 22.7. The maximum absolute atomic E-state index is 14.1. The number of piperidine rings is 1. The third-order valence-electron chi connectivity index (χ3n) is 5.78. The molecule has 1 amide bonds. The van der Waals surface area contributed by atoms with Crippen LogP contribution in [0.3, 0.4) is 0 Å². The van der Waals surface area contributed by atoms with E-state index in [1.807, 2.05) is 0 Å². The third kappa shape index (κ3) is 3.63. The fourth-order valence-corrected chi connectivity index (χ4v) is 4.25. The lowest BCUT2D eigenvalue weighted by Gasteiger charge is -2.26. The Morgan fingerprint density at radius 3 is 2.57 bits per heavy atom. The van der Waals surface area contributed by atoms with Crippen LogP contribution in [-0.4, -0.2) is 57.7 Å². The highest BCUT2D eigenvalue weighted by Gasteiger charge is 2.59. The highest BCUT2D eigenvalue weighted by molar-refractivity contribution is 5.77. The molecule has 30 heavy (non-hydrogen) atoms. The van der Waals surface area contributed by atoms with E-state index >= 15 is 0 Å². The van der Waals surface area contributed by atoms with Gasteiger partial charge in [0, 0.05) is 62.9 Å². The average molecular weight is 425 g/mol. The number of anilines is 1. The second kappa shape index (κ2) is 7.06. The Kier molecular flexibility index (Phi) is 4.78. The van der Waals surface area contributed by atoms with Gasteiger partial charge in [-0.3, -0.25) is 19.1 Å². The fourth-order valence-electron chi connectivity index (χ4n) is 4.25. The van der Waals surface area contributed by atoms with Gasteiger partial charge in [-0.1, -0.05) is 0 Å². The van der Waals surface area contributed by atoms with Crippen molar-refractivity contribution in [3.63, 3.8) is 0 Å². The molecule has 2 aromatic heterocycles. The molecule has 0 bridgehead atoms. The number of fused-ring (bicyclic) bond motifs is 1. The van der Waals surface area contributed by atoms with Gasteiger partial charge in [-0.15, -0.1) is 0 Å². The first kappa shape index (κ1) is 20.3. The van der Waals surface area contributed by atoms with Crippen molar-refractivity contribution in [1.29, 1.82) is 0 Å². The number of alkyl halides is 3. The maximum Gasteiger partial charge on any atom is 0.397 e. The predicted molar refractivity (Wildman–Crippen MR) is 99.1 cm³/mol.